The second-order valence-corrected chi connectivity index (χ2v) is 6.49. The van der Waals surface area contributed by atoms with Crippen molar-refractivity contribution in [3.05, 3.63) is 57.3 Å². The highest BCUT2D eigenvalue weighted by molar-refractivity contribution is 6.32. The summed E-state index contributed by atoms with van der Waals surface area (Å²) in [6.07, 6.45) is 0. The molecule has 0 bridgehead atoms. The third-order valence-corrected chi connectivity index (χ3v) is 4.70. The number of nitrogens with zero attached hydrogens (tertiary/aromatic N) is 2. The largest absolute Gasteiger partial charge is 0.504 e. The molecule has 0 aliphatic carbocycles. The summed E-state index contributed by atoms with van der Waals surface area (Å²) in [7, 11) is 1.46. The van der Waals surface area contributed by atoms with Gasteiger partial charge in [0, 0.05) is 10.6 Å². The molecule has 0 aliphatic heterocycles. The molecule has 2 aromatic carbocycles. The van der Waals surface area contributed by atoms with E-state index in [2.05, 4.69) is 20.2 Å². The minimum absolute atomic E-state index is 0.0235. The topological polar surface area (TPSA) is 104 Å². The monoisotopic (exact) mass is 382 g/mol. The molecule has 0 saturated carbocycles. The summed E-state index contributed by atoms with van der Waals surface area (Å²) in [5.74, 6) is 0.758. The van der Waals surface area contributed by atoms with Crippen LogP contribution in [0.2, 0.25) is 5.02 Å². The fraction of sp³-hybridized carbons (Fsp3) is 0.105. The number of hydrogen-bond donors (Lipinski definition) is 3. The van der Waals surface area contributed by atoms with E-state index in [0.29, 0.717) is 38.9 Å². The Balaban J connectivity index is 1.85. The van der Waals surface area contributed by atoms with E-state index in [1.54, 1.807) is 24.3 Å². The number of aryl methyl sites for hydroxylation is 1. The van der Waals surface area contributed by atoms with Crippen molar-refractivity contribution in [3.63, 3.8) is 0 Å². The summed E-state index contributed by atoms with van der Waals surface area (Å²) in [5.41, 5.74) is 3.54. The van der Waals surface area contributed by atoms with Crippen molar-refractivity contribution < 1.29 is 9.84 Å². The van der Waals surface area contributed by atoms with Crippen molar-refractivity contribution in [2.75, 3.05) is 7.11 Å². The van der Waals surface area contributed by atoms with Crippen LogP contribution in [0.15, 0.2) is 41.2 Å². The van der Waals surface area contributed by atoms with Gasteiger partial charge in [0.1, 0.15) is 5.82 Å². The van der Waals surface area contributed by atoms with E-state index in [1.807, 2.05) is 13.0 Å². The molecule has 0 radical (unpaired) electrons. The van der Waals surface area contributed by atoms with E-state index < -0.39 is 0 Å². The molecule has 0 atom stereocenters. The molecule has 0 aliphatic rings. The van der Waals surface area contributed by atoms with Crippen molar-refractivity contribution in [1.82, 2.24) is 20.2 Å². The Labute approximate surface area is 158 Å². The van der Waals surface area contributed by atoms with Crippen LogP contribution in [-0.2, 0) is 0 Å². The second-order valence-electron chi connectivity index (χ2n) is 6.09. The number of phenolic OH excluding ortho intramolecular Hbond substituents is 1. The normalized spacial score (nSPS) is 11.1. The molecule has 0 fully saturated rings. The first-order chi connectivity index (χ1) is 13.0. The molecule has 136 valence electrons. The molecule has 0 amide bonds. The van der Waals surface area contributed by atoms with Crippen LogP contribution >= 0.6 is 11.6 Å². The highest BCUT2D eigenvalue weighted by Crippen LogP contribution is 2.31. The number of nitrogens with one attached hydrogen (secondary N) is 2. The van der Waals surface area contributed by atoms with Crippen molar-refractivity contribution in [2.45, 2.75) is 6.92 Å². The number of rotatable bonds is 3. The van der Waals surface area contributed by atoms with Gasteiger partial charge >= 0.3 is 0 Å². The lowest BCUT2D eigenvalue weighted by molar-refractivity contribution is 0.373. The summed E-state index contributed by atoms with van der Waals surface area (Å²) in [4.78, 5) is 19.9. The first kappa shape index (κ1) is 17.1. The molecule has 2 aromatic heterocycles. The van der Waals surface area contributed by atoms with Gasteiger partial charge in [-0.25, -0.2) is 10.1 Å². The summed E-state index contributed by atoms with van der Waals surface area (Å²) >= 11 is 6.16. The molecule has 4 aromatic rings. The Morgan fingerprint density at radius 3 is 2.78 bits per heavy atom. The van der Waals surface area contributed by atoms with Gasteiger partial charge in [0.25, 0.3) is 5.56 Å². The number of aromatic amines is 2. The molecule has 0 unspecified atom stereocenters. The molecule has 8 heteroatoms. The van der Waals surface area contributed by atoms with Gasteiger partial charge in [-0.05, 0) is 48.9 Å². The Kier molecular flexibility index (Phi) is 4.08. The van der Waals surface area contributed by atoms with E-state index in [1.165, 1.54) is 13.2 Å². The molecule has 27 heavy (non-hydrogen) atoms. The number of phenols is 1. The first-order valence-electron chi connectivity index (χ1n) is 8.09. The molecule has 3 N–H and O–H groups in total. The fourth-order valence-electron chi connectivity index (χ4n) is 2.83. The fourth-order valence-corrected chi connectivity index (χ4v) is 2.99. The van der Waals surface area contributed by atoms with Gasteiger partial charge in [0.15, 0.2) is 11.5 Å². The summed E-state index contributed by atoms with van der Waals surface area (Å²) in [6.45, 7) is 1.90. The zero-order chi connectivity index (χ0) is 19.1. The molecule has 7 nitrogen and oxygen atoms in total. The van der Waals surface area contributed by atoms with E-state index in [0.717, 1.165) is 11.1 Å². The van der Waals surface area contributed by atoms with Crippen molar-refractivity contribution >= 4 is 22.6 Å². The maximum Gasteiger partial charge on any atom is 0.275 e. The predicted octanol–water partition coefficient (Wildman–Crippen LogP) is 3.66. The van der Waals surface area contributed by atoms with Crippen molar-refractivity contribution in [2.24, 2.45) is 0 Å². The number of H-pyrrole nitrogens is 2. The predicted molar refractivity (Wildman–Crippen MR) is 103 cm³/mol. The highest BCUT2D eigenvalue weighted by atomic mass is 35.5. The minimum Gasteiger partial charge on any atom is -0.504 e. The van der Waals surface area contributed by atoms with Crippen LogP contribution in [0.1, 0.15) is 5.56 Å². The SMILES string of the molecule is COc1cc(-c2cc(-c3nc4cc(Cl)c(C)cc4[nH]3)c(=O)[nH]n2)ccc1O. The van der Waals surface area contributed by atoms with Crippen LogP contribution in [0, 0.1) is 6.92 Å². The smallest absolute Gasteiger partial charge is 0.275 e. The third kappa shape index (κ3) is 3.02. The van der Waals surface area contributed by atoms with Crippen molar-refractivity contribution in [1.29, 1.82) is 0 Å². The molecular weight excluding hydrogens is 368 g/mol. The van der Waals surface area contributed by atoms with E-state index >= 15 is 0 Å². The van der Waals surface area contributed by atoms with Crippen LogP contribution < -0.4 is 10.3 Å². The maximum atomic E-state index is 12.3. The molecule has 4 rings (SSSR count). The molecular formula is C19H15ClN4O3. The average Bonchev–Trinajstić information content (AvgIpc) is 3.05. The summed E-state index contributed by atoms with van der Waals surface area (Å²) in [6, 6.07) is 10.1. The molecule has 0 saturated heterocycles. The first-order valence-corrected chi connectivity index (χ1v) is 8.47. The molecule has 0 spiro atoms. The van der Waals surface area contributed by atoms with E-state index in [-0.39, 0.29) is 11.3 Å². The highest BCUT2D eigenvalue weighted by Gasteiger charge is 2.14. The van der Waals surface area contributed by atoms with Crippen LogP contribution in [0.5, 0.6) is 11.5 Å². The van der Waals surface area contributed by atoms with Crippen LogP contribution in [-0.4, -0.2) is 32.4 Å². The lowest BCUT2D eigenvalue weighted by atomic mass is 10.1. The van der Waals surface area contributed by atoms with Gasteiger partial charge in [-0.15, -0.1) is 0 Å². The zero-order valence-electron chi connectivity index (χ0n) is 14.5. The number of hydrogen-bond acceptors (Lipinski definition) is 5. The Hall–Kier alpha value is -3.32. The maximum absolute atomic E-state index is 12.3. The number of benzene rings is 2. The van der Waals surface area contributed by atoms with Gasteiger partial charge < -0.3 is 14.8 Å². The zero-order valence-corrected chi connectivity index (χ0v) is 15.3. The van der Waals surface area contributed by atoms with E-state index in [4.69, 9.17) is 16.3 Å². The number of fused-ring (bicyclic) bond motifs is 1. The standard InChI is InChI=1S/C19H15ClN4O3/c1-9-5-14-15(8-12(9)20)22-18(21-14)11-7-13(23-24-19(11)26)10-3-4-16(25)17(6-10)27-2/h3-8,25H,1-2H3,(H,21,22)(H,24,26). The van der Waals surface area contributed by atoms with Gasteiger partial charge in [-0.2, -0.15) is 5.10 Å². The lowest BCUT2D eigenvalue weighted by Gasteiger charge is -2.06. The summed E-state index contributed by atoms with van der Waals surface area (Å²) in [5, 5.41) is 16.9. The van der Waals surface area contributed by atoms with Crippen LogP contribution in [0.25, 0.3) is 33.7 Å². The second kappa shape index (κ2) is 6.44. The number of halogens is 1. The lowest BCUT2D eigenvalue weighted by Crippen LogP contribution is -2.12. The number of ether oxygens (including phenoxy) is 1. The van der Waals surface area contributed by atoms with Gasteiger partial charge in [-0.1, -0.05) is 11.6 Å². The van der Waals surface area contributed by atoms with Crippen LogP contribution in [0.3, 0.4) is 0 Å². The Morgan fingerprint density at radius 1 is 1.19 bits per heavy atom. The van der Waals surface area contributed by atoms with Gasteiger partial charge in [-0.3, -0.25) is 4.79 Å². The van der Waals surface area contributed by atoms with E-state index in [9.17, 15) is 9.90 Å². The minimum atomic E-state index is -0.369. The van der Waals surface area contributed by atoms with Crippen molar-refractivity contribution in [3.8, 4) is 34.1 Å². The number of methoxy groups -OCH3 is 1. The Bertz CT molecular complexity index is 1190. The molecule has 2 heterocycles. The van der Waals surface area contributed by atoms with Gasteiger partial charge in [0.2, 0.25) is 0 Å². The quantitative estimate of drug-likeness (QED) is 0.501. The van der Waals surface area contributed by atoms with Gasteiger partial charge in [0.05, 0.1) is 29.4 Å². The number of imidazole rings is 1. The third-order valence-electron chi connectivity index (χ3n) is 4.30. The Morgan fingerprint density at radius 2 is 2.00 bits per heavy atom. The summed E-state index contributed by atoms with van der Waals surface area (Å²) < 4.78 is 5.13. The number of aromatic nitrogens is 4. The van der Waals surface area contributed by atoms with Crippen LogP contribution in [0.4, 0.5) is 0 Å². The average molecular weight is 383 g/mol. The number of aromatic hydroxyl groups is 1.